The summed E-state index contributed by atoms with van der Waals surface area (Å²) in [6.07, 6.45) is 1.54. The molecule has 5 nitrogen and oxygen atoms in total. The predicted molar refractivity (Wildman–Crippen MR) is 75.7 cm³/mol. The summed E-state index contributed by atoms with van der Waals surface area (Å²) in [6.45, 7) is 3.55. The second-order valence-electron chi connectivity index (χ2n) is 4.41. The van der Waals surface area contributed by atoms with Crippen molar-refractivity contribution >= 4 is 15.8 Å². The van der Waals surface area contributed by atoms with Gasteiger partial charge in [0.05, 0.1) is 16.5 Å². The number of hydrogen-bond donors (Lipinski definition) is 1. The van der Waals surface area contributed by atoms with E-state index in [0.29, 0.717) is 11.1 Å². The number of nitriles is 1. The van der Waals surface area contributed by atoms with Crippen molar-refractivity contribution in [3.63, 3.8) is 0 Å². The lowest BCUT2D eigenvalue weighted by Gasteiger charge is -2.08. The molecule has 0 unspecified atom stereocenters. The Hall–Kier alpha value is -2.39. The number of sulfonamides is 1. The van der Waals surface area contributed by atoms with Crippen LogP contribution in [0, 0.1) is 25.2 Å². The van der Waals surface area contributed by atoms with Gasteiger partial charge in [-0.2, -0.15) is 5.26 Å². The van der Waals surface area contributed by atoms with Gasteiger partial charge in [-0.1, -0.05) is 0 Å². The Morgan fingerprint density at radius 1 is 1.20 bits per heavy atom. The van der Waals surface area contributed by atoms with Gasteiger partial charge in [-0.15, -0.1) is 0 Å². The molecule has 0 saturated carbocycles. The number of nitrogens with one attached hydrogen (secondary N) is 1. The van der Waals surface area contributed by atoms with Crippen LogP contribution < -0.4 is 4.72 Å². The molecular formula is C14H13N3O2S. The van der Waals surface area contributed by atoms with Gasteiger partial charge in [0.1, 0.15) is 5.82 Å². The van der Waals surface area contributed by atoms with Gasteiger partial charge in [-0.25, -0.2) is 13.4 Å². The summed E-state index contributed by atoms with van der Waals surface area (Å²) < 4.78 is 26.9. The number of benzene rings is 1. The minimum atomic E-state index is -3.70. The molecule has 1 aromatic carbocycles. The summed E-state index contributed by atoms with van der Waals surface area (Å²) in [5.41, 5.74) is 1.99. The van der Waals surface area contributed by atoms with Crippen LogP contribution in [-0.4, -0.2) is 13.4 Å². The molecule has 1 heterocycles. The fraction of sp³-hybridized carbons (Fsp3) is 0.143. The molecule has 0 amide bonds. The quantitative estimate of drug-likeness (QED) is 0.939. The molecular weight excluding hydrogens is 274 g/mol. The fourth-order valence-electron chi connectivity index (χ4n) is 1.72. The van der Waals surface area contributed by atoms with Gasteiger partial charge in [0.2, 0.25) is 0 Å². The van der Waals surface area contributed by atoms with Crippen LogP contribution in [0.5, 0.6) is 0 Å². The molecule has 0 atom stereocenters. The summed E-state index contributed by atoms with van der Waals surface area (Å²) in [4.78, 5) is 4.07. The highest BCUT2D eigenvalue weighted by Gasteiger charge is 2.15. The van der Waals surface area contributed by atoms with Crippen molar-refractivity contribution in [3.8, 4) is 6.07 Å². The largest absolute Gasteiger partial charge is 0.263 e. The minimum absolute atomic E-state index is 0.109. The van der Waals surface area contributed by atoms with Crippen molar-refractivity contribution in [2.75, 3.05) is 4.72 Å². The molecule has 0 bridgehead atoms. The van der Waals surface area contributed by atoms with Crippen LogP contribution in [0.3, 0.4) is 0 Å². The molecule has 20 heavy (non-hydrogen) atoms. The van der Waals surface area contributed by atoms with E-state index in [1.807, 2.05) is 13.0 Å². The summed E-state index contributed by atoms with van der Waals surface area (Å²) in [5, 5.41) is 8.85. The zero-order chi connectivity index (χ0) is 14.8. The van der Waals surface area contributed by atoms with E-state index in [2.05, 4.69) is 9.71 Å². The predicted octanol–water partition coefficient (Wildman–Crippen LogP) is 2.37. The second kappa shape index (κ2) is 5.31. The van der Waals surface area contributed by atoms with Crippen molar-refractivity contribution < 1.29 is 8.42 Å². The first-order valence-electron chi connectivity index (χ1n) is 5.88. The van der Waals surface area contributed by atoms with Gasteiger partial charge >= 0.3 is 0 Å². The number of hydrogen-bond acceptors (Lipinski definition) is 4. The third-order valence-electron chi connectivity index (χ3n) is 2.78. The van der Waals surface area contributed by atoms with Gasteiger partial charge in [-0.05, 0) is 55.3 Å². The summed E-state index contributed by atoms with van der Waals surface area (Å²) >= 11 is 0. The third-order valence-corrected chi connectivity index (χ3v) is 4.14. The van der Waals surface area contributed by atoms with Crippen LogP contribution in [-0.2, 0) is 10.0 Å². The first kappa shape index (κ1) is 14.0. The summed E-state index contributed by atoms with van der Waals surface area (Å²) in [6, 6.07) is 9.80. The number of nitrogens with zero attached hydrogens (tertiary/aromatic N) is 2. The van der Waals surface area contributed by atoms with Crippen LogP contribution in [0.25, 0.3) is 0 Å². The maximum Gasteiger partial charge on any atom is 0.263 e. The topological polar surface area (TPSA) is 82.8 Å². The Labute approximate surface area is 118 Å². The van der Waals surface area contributed by atoms with E-state index in [-0.39, 0.29) is 10.7 Å². The van der Waals surface area contributed by atoms with Crippen LogP contribution in [0.4, 0.5) is 5.82 Å². The molecule has 1 N–H and O–H groups in total. The highest BCUT2D eigenvalue weighted by Crippen LogP contribution is 2.18. The van der Waals surface area contributed by atoms with Crippen molar-refractivity contribution in [1.29, 1.82) is 5.26 Å². The average molecular weight is 287 g/mol. The van der Waals surface area contributed by atoms with E-state index in [9.17, 15) is 8.42 Å². The van der Waals surface area contributed by atoms with E-state index in [4.69, 9.17) is 5.26 Å². The Bertz CT molecular complexity index is 792. The van der Waals surface area contributed by atoms with E-state index in [1.165, 1.54) is 24.4 Å². The Kier molecular flexibility index (Phi) is 3.72. The van der Waals surface area contributed by atoms with Crippen molar-refractivity contribution in [3.05, 3.63) is 53.2 Å². The molecule has 6 heteroatoms. The van der Waals surface area contributed by atoms with Crippen LogP contribution in [0.2, 0.25) is 0 Å². The molecule has 0 aliphatic carbocycles. The van der Waals surface area contributed by atoms with E-state index in [1.54, 1.807) is 19.1 Å². The molecule has 0 spiro atoms. The van der Waals surface area contributed by atoms with E-state index >= 15 is 0 Å². The van der Waals surface area contributed by atoms with Gasteiger partial charge in [0, 0.05) is 6.20 Å². The first-order valence-corrected chi connectivity index (χ1v) is 7.37. The highest BCUT2D eigenvalue weighted by molar-refractivity contribution is 7.92. The molecule has 0 aliphatic rings. The number of aryl methyl sites for hydroxylation is 2. The average Bonchev–Trinajstić information content (AvgIpc) is 2.38. The summed E-state index contributed by atoms with van der Waals surface area (Å²) in [7, 11) is -3.70. The Morgan fingerprint density at radius 3 is 2.55 bits per heavy atom. The normalized spacial score (nSPS) is 10.8. The van der Waals surface area contributed by atoms with Crippen LogP contribution in [0.1, 0.15) is 16.7 Å². The molecule has 1 aromatic heterocycles. The Balaban J connectivity index is 2.36. The Morgan fingerprint density at radius 2 is 1.95 bits per heavy atom. The standard InChI is InChI=1S/C14H13N3O2S/c1-10-5-6-16-14(7-10)17-20(18,19)13-4-3-12(9-15)11(2)8-13/h3-8H,1-2H3,(H,16,17). The number of aromatic nitrogens is 1. The maximum absolute atomic E-state index is 12.2. The van der Waals surface area contributed by atoms with E-state index < -0.39 is 10.0 Å². The minimum Gasteiger partial charge on any atom is -0.263 e. The molecule has 2 aromatic rings. The molecule has 0 fully saturated rings. The fourth-order valence-corrected chi connectivity index (χ4v) is 2.80. The molecule has 102 valence electrons. The van der Waals surface area contributed by atoms with Crippen LogP contribution in [0.15, 0.2) is 41.4 Å². The van der Waals surface area contributed by atoms with Crippen LogP contribution >= 0.6 is 0 Å². The molecule has 0 saturated heterocycles. The third kappa shape index (κ3) is 2.95. The molecule has 2 rings (SSSR count). The van der Waals surface area contributed by atoms with Crippen molar-refractivity contribution in [2.45, 2.75) is 18.7 Å². The van der Waals surface area contributed by atoms with E-state index in [0.717, 1.165) is 5.56 Å². The lowest BCUT2D eigenvalue weighted by Crippen LogP contribution is -2.14. The van der Waals surface area contributed by atoms with Gasteiger partial charge in [-0.3, -0.25) is 4.72 Å². The number of anilines is 1. The van der Waals surface area contributed by atoms with Gasteiger partial charge in [0.15, 0.2) is 0 Å². The lowest BCUT2D eigenvalue weighted by atomic mass is 10.1. The highest BCUT2D eigenvalue weighted by atomic mass is 32.2. The second-order valence-corrected chi connectivity index (χ2v) is 6.09. The lowest BCUT2D eigenvalue weighted by molar-refractivity contribution is 0.601. The SMILES string of the molecule is Cc1ccnc(NS(=O)(=O)c2ccc(C#N)c(C)c2)c1. The van der Waals surface area contributed by atoms with Gasteiger partial charge < -0.3 is 0 Å². The maximum atomic E-state index is 12.2. The smallest absolute Gasteiger partial charge is 0.263 e. The van der Waals surface area contributed by atoms with Crippen molar-refractivity contribution in [2.24, 2.45) is 0 Å². The summed E-state index contributed by atoms with van der Waals surface area (Å²) in [5.74, 6) is 0.270. The molecule has 0 aliphatic heterocycles. The number of pyridine rings is 1. The van der Waals surface area contributed by atoms with Crippen molar-refractivity contribution in [1.82, 2.24) is 4.98 Å². The monoisotopic (exact) mass is 287 g/mol. The van der Waals surface area contributed by atoms with Gasteiger partial charge in [0.25, 0.3) is 10.0 Å². The zero-order valence-electron chi connectivity index (χ0n) is 11.1. The zero-order valence-corrected chi connectivity index (χ0v) is 11.9. The molecule has 0 radical (unpaired) electrons. The number of rotatable bonds is 3. The first-order chi connectivity index (χ1) is 9.42.